The van der Waals surface area contributed by atoms with Gasteiger partial charge in [-0.15, -0.1) is 0 Å². The molecule has 5 nitrogen and oxygen atoms in total. The molecule has 1 aromatic heterocycles. The highest BCUT2D eigenvalue weighted by atomic mass is 15.3. The fourth-order valence-corrected chi connectivity index (χ4v) is 1.57. The summed E-state index contributed by atoms with van der Waals surface area (Å²) in [6.07, 6.45) is 2.82. The van der Waals surface area contributed by atoms with Crippen LogP contribution in [0.2, 0.25) is 0 Å². The third kappa shape index (κ3) is 4.28. The predicted molar refractivity (Wildman–Crippen MR) is 65.2 cm³/mol. The molecule has 0 aromatic carbocycles. The Labute approximate surface area is 97.9 Å². The zero-order valence-corrected chi connectivity index (χ0v) is 10.6. The molecule has 1 N–H and O–H groups in total. The quantitative estimate of drug-likeness (QED) is 0.663. The number of nitrogens with one attached hydrogen (secondary N) is 1. The molecule has 1 rings (SSSR count). The highest BCUT2D eigenvalue weighted by molar-refractivity contribution is 4.83. The van der Waals surface area contributed by atoms with Crippen LogP contribution in [-0.4, -0.2) is 46.3 Å². The molecule has 5 heteroatoms. The standard InChI is InChI=1S/C11H23N5/c1-4-6-12-7-8-15(3)9-11-13-10-14-16(11)5-2/h10,12H,4-9H2,1-3H3. The van der Waals surface area contributed by atoms with Gasteiger partial charge in [0.25, 0.3) is 0 Å². The van der Waals surface area contributed by atoms with Crippen molar-refractivity contribution >= 4 is 0 Å². The van der Waals surface area contributed by atoms with Crippen molar-refractivity contribution in [2.75, 3.05) is 26.7 Å². The van der Waals surface area contributed by atoms with Gasteiger partial charge in [0.05, 0.1) is 6.54 Å². The number of nitrogens with zero attached hydrogens (tertiary/aromatic N) is 4. The first-order valence-corrected chi connectivity index (χ1v) is 6.03. The van der Waals surface area contributed by atoms with Crippen molar-refractivity contribution in [3.05, 3.63) is 12.2 Å². The van der Waals surface area contributed by atoms with E-state index in [2.05, 4.69) is 41.2 Å². The molecule has 0 aliphatic heterocycles. The summed E-state index contributed by atoms with van der Waals surface area (Å²) in [5, 5.41) is 7.55. The SMILES string of the molecule is CCCNCCN(C)Cc1ncnn1CC. The Balaban J connectivity index is 2.25. The molecule has 1 heterocycles. The predicted octanol–water partition coefficient (Wildman–Crippen LogP) is 0.729. The Kier molecular flexibility index (Phi) is 6.03. The van der Waals surface area contributed by atoms with Crippen LogP contribution < -0.4 is 5.32 Å². The summed E-state index contributed by atoms with van der Waals surface area (Å²) in [7, 11) is 2.11. The van der Waals surface area contributed by atoms with Crippen LogP contribution >= 0.6 is 0 Å². The van der Waals surface area contributed by atoms with Gasteiger partial charge in [0, 0.05) is 19.6 Å². The van der Waals surface area contributed by atoms with Gasteiger partial charge in [-0.25, -0.2) is 9.67 Å². The topological polar surface area (TPSA) is 46.0 Å². The van der Waals surface area contributed by atoms with Crippen LogP contribution in [0.15, 0.2) is 6.33 Å². The van der Waals surface area contributed by atoms with Crippen LogP contribution in [0.3, 0.4) is 0 Å². The van der Waals surface area contributed by atoms with E-state index in [0.29, 0.717) is 0 Å². The minimum absolute atomic E-state index is 0.863. The van der Waals surface area contributed by atoms with Gasteiger partial charge in [-0.2, -0.15) is 5.10 Å². The lowest BCUT2D eigenvalue weighted by molar-refractivity contribution is 0.309. The molecule has 1 aromatic rings. The van der Waals surface area contributed by atoms with Crippen LogP contribution in [0.4, 0.5) is 0 Å². The van der Waals surface area contributed by atoms with Crippen LogP contribution in [-0.2, 0) is 13.1 Å². The summed E-state index contributed by atoms with van der Waals surface area (Å²) in [6, 6.07) is 0. The minimum atomic E-state index is 0.863. The first kappa shape index (κ1) is 13.1. The molecule has 0 saturated carbocycles. The van der Waals surface area contributed by atoms with Crippen LogP contribution in [0.5, 0.6) is 0 Å². The second kappa shape index (κ2) is 7.35. The third-order valence-electron chi connectivity index (χ3n) is 2.50. The van der Waals surface area contributed by atoms with Gasteiger partial charge in [0.1, 0.15) is 12.2 Å². The normalized spacial score (nSPS) is 11.2. The zero-order chi connectivity index (χ0) is 11.8. The average molecular weight is 225 g/mol. The second-order valence-corrected chi connectivity index (χ2v) is 3.98. The fraction of sp³-hybridized carbons (Fsp3) is 0.818. The number of hydrogen-bond donors (Lipinski definition) is 1. The largest absolute Gasteiger partial charge is 0.315 e. The van der Waals surface area contributed by atoms with Gasteiger partial charge < -0.3 is 5.32 Å². The first-order chi connectivity index (χ1) is 7.77. The summed E-state index contributed by atoms with van der Waals surface area (Å²) in [4.78, 5) is 6.52. The molecule has 16 heavy (non-hydrogen) atoms. The summed E-state index contributed by atoms with van der Waals surface area (Å²) in [6.45, 7) is 9.18. The van der Waals surface area contributed by atoms with E-state index in [9.17, 15) is 0 Å². The molecule has 92 valence electrons. The highest BCUT2D eigenvalue weighted by Crippen LogP contribution is 1.98. The summed E-state index contributed by atoms with van der Waals surface area (Å²) in [5.41, 5.74) is 0. The van der Waals surface area contributed by atoms with Crippen LogP contribution in [0, 0.1) is 0 Å². The summed E-state index contributed by atoms with van der Waals surface area (Å²) >= 11 is 0. The van der Waals surface area contributed by atoms with Crippen molar-refractivity contribution in [2.45, 2.75) is 33.4 Å². The van der Waals surface area contributed by atoms with Crippen molar-refractivity contribution in [1.82, 2.24) is 25.0 Å². The van der Waals surface area contributed by atoms with Crippen LogP contribution in [0.1, 0.15) is 26.1 Å². The number of likely N-dealkylation sites (N-methyl/N-ethyl adjacent to an activating group) is 1. The Morgan fingerprint density at radius 2 is 2.19 bits per heavy atom. The fourth-order valence-electron chi connectivity index (χ4n) is 1.57. The lowest BCUT2D eigenvalue weighted by Crippen LogP contribution is -2.30. The Morgan fingerprint density at radius 3 is 2.88 bits per heavy atom. The maximum atomic E-state index is 4.26. The lowest BCUT2D eigenvalue weighted by atomic mass is 10.4. The molecule has 0 spiro atoms. The summed E-state index contributed by atoms with van der Waals surface area (Å²) in [5.74, 6) is 1.04. The van der Waals surface area contributed by atoms with E-state index in [1.165, 1.54) is 6.42 Å². The van der Waals surface area contributed by atoms with Gasteiger partial charge in [-0.3, -0.25) is 4.90 Å². The molecule has 0 radical (unpaired) electrons. The summed E-state index contributed by atoms with van der Waals surface area (Å²) < 4.78 is 1.94. The lowest BCUT2D eigenvalue weighted by Gasteiger charge is -2.16. The molecule has 0 amide bonds. The number of rotatable bonds is 8. The molecular weight excluding hydrogens is 202 g/mol. The van der Waals surface area contributed by atoms with Gasteiger partial charge in [-0.1, -0.05) is 6.92 Å². The number of hydrogen-bond acceptors (Lipinski definition) is 4. The molecule has 0 aliphatic carbocycles. The van der Waals surface area contributed by atoms with E-state index < -0.39 is 0 Å². The van der Waals surface area contributed by atoms with Gasteiger partial charge >= 0.3 is 0 Å². The molecule has 0 aliphatic rings. The van der Waals surface area contributed by atoms with Gasteiger partial charge in [-0.05, 0) is 26.9 Å². The minimum Gasteiger partial charge on any atom is -0.315 e. The monoisotopic (exact) mass is 225 g/mol. The smallest absolute Gasteiger partial charge is 0.140 e. The molecule has 0 bridgehead atoms. The molecule has 0 saturated heterocycles. The molecular formula is C11H23N5. The van der Waals surface area contributed by atoms with Crippen molar-refractivity contribution in [1.29, 1.82) is 0 Å². The second-order valence-electron chi connectivity index (χ2n) is 3.98. The van der Waals surface area contributed by atoms with Crippen LogP contribution in [0.25, 0.3) is 0 Å². The number of aryl methyl sites for hydroxylation is 1. The van der Waals surface area contributed by atoms with E-state index in [1.807, 2.05) is 4.68 Å². The van der Waals surface area contributed by atoms with Gasteiger partial charge in [0.15, 0.2) is 0 Å². The Bertz CT molecular complexity index is 284. The van der Waals surface area contributed by atoms with Gasteiger partial charge in [0.2, 0.25) is 0 Å². The Hall–Kier alpha value is -0.940. The zero-order valence-electron chi connectivity index (χ0n) is 10.6. The maximum Gasteiger partial charge on any atom is 0.140 e. The maximum absolute atomic E-state index is 4.26. The average Bonchev–Trinajstić information content (AvgIpc) is 2.71. The van der Waals surface area contributed by atoms with E-state index in [-0.39, 0.29) is 0 Å². The number of aromatic nitrogens is 3. The van der Waals surface area contributed by atoms with E-state index in [1.54, 1.807) is 6.33 Å². The van der Waals surface area contributed by atoms with Crippen molar-refractivity contribution in [3.8, 4) is 0 Å². The first-order valence-electron chi connectivity index (χ1n) is 6.03. The van der Waals surface area contributed by atoms with E-state index in [0.717, 1.165) is 38.5 Å². The molecule has 0 fully saturated rings. The molecule has 0 atom stereocenters. The highest BCUT2D eigenvalue weighted by Gasteiger charge is 2.05. The third-order valence-corrected chi connectivity index (χ3v) is 2.50. The van der Waals surface area contributed by atoms with E-state index >= 15 is 0 Å². The van der Waals surface area contributed by atoms with Crippen molar-refractivity contribution in [3.63, 3.8) is 0 Å². The Morgan fingerprint density at radius 1 is 1.38 bits per heavy atom. The molecule has 0 unspecified atom stereocenters. The van der Waals surface area contributed by atoms with Crippen molar-refractivity contribution < 1.29 is 0 Å². The van der Waals surface area contributed by atoms with Crippen molar-refractivity contribution in [2.24, 2.45) is 0 Å². The van der Waals surface area contributed by atoms with E-state index in [4.69, 9.17) is 0 Å².